The fourth-order valence-corrected chi connectivity index (χ4v) is 1.17. The Bertz CT molecular complexity index is 485. The third kappa shape index (κ3) is 4.17. The largest absolute Gasteiger partial charge is 0.444 e. The molecule has 0 radical (unpaired) electrons. The van der Waals surface area contributed by atoms with E-state index < -0.39 is 22.4 Å². The molecule has 0 atom stereocenters. The molecule has 1 aromatic rings. The Balaban J connectivity index is 2.87. The summed E-state index contributed by atoms with van der Waals surface area (Å²) in [4.78, 5) is 24.9. The highest BCUT2D eigenvalue weighted by molar-refractivity contribution is 6.33. The smallest absolute Gasteiger partial charge is 0.415 e. The molecule has 0 saturated heterocycles. The van der Waals surface area contributed by atoms with E-state index in [0.29, 0.717) is 0 Å². The fraction of sp³-hybridized carbons (Fsp3) is 0.400. The normalized spacial score (nSPS) is 10.9. The van der Waals surface area contributed by atoms with Gasteiger partial charge in [-0.25, -0.2) is 4.79 Å². The topological polar surface area (TPSA) is 94.4 Å². The van der Waals surface area contributed by atoms with Gasteiger partial charge in [0.2, 0.25) is 0 Å². The minimum atomic E-state index is -0.780. The summed E-state index contributed by atoms with van der Waals surface area (Å²) in [5.41, 5.74) is -0.683. The van der Waals surface area contributed by atoms with Crippen LogP contribution in [0.2, 0.25) is 5.02 Å². The van der Waals surface area contributed by atoms with E-state index in [1.807, 2.05) is 0 Å². The van der Waals surface area contributed by atoms with Crippen molar-refractivity contribution in [3.8, 4) is 0 Å². The molecule has 98 valence electrons. The summed E-state index contributed by atoms with van der Waals surface area (Å²) in [5, 5.41) is 12.9. The minimum Gasteiger partial charge on any atom is -0.444 e. The van der Waals surface area contributed by atoms with Crippen LogP contribution in [-0.4, -0.2) is 21.6 Å². The van der Waals surface area contributed by atoms with Gasteiger partial charge >= 0.3 is 11.9 Å². The number of nitro groups is 1. The van der Waals surface area contributed by atoms with Crippen LogP contribution in [0.15, 0.2) is 12.1 Å². The van der Waals surface area contributed by atoms with Gasteiger partial charge in [0.25, 0.3) is 5.82 Å². The molecule has 1 rings (SSSR count). The van der Waals surface area contributed by atoms with Crippen molar-refractivity contribution in [3.63, 3.8) is 0 Å². The maximum Gasteiger partial charge on any atom is 0.415 e. The van der Waals surface area contributed by atoms with Gasteiger partial charge in [0, 0.05) is 6.07 Å². The van der Waals surface area contributed by atoms with Crippen molar-refractivity contribution >= 4 is 29.3 Å². The first-order chi connectivity index (χ1) is 8.19. The van der Waals surface area contributed by atoms with Crippen molar-refractivity contribution in [2.45, 2.75) is 26.4 Å². The summed E-state index contributed by atoms with van der Waals surface area (Å²) in [5.74, 6) is -0.523. The number of halogens is 1. The van der Waals surface area contributed by atoms with Crippen LogP contribution < -0.4 is 5.32 Å². The van der Waals surface area contributed by atoms with Crippen molar-refractivity contribution in [3.05, 3.63) is 27.3 Å². The summed E-state index contributed by atoms with van der Waals surface area (Å²) in [7, 11) is 0. The Hall–Kier alpha value is -1.89. The summed E-state index contributed by atoms with van der Waals surface area (Å²) in [6.07, 6.45) is -0.780. The summed E-state index contributed by atoms with van der Waals surface area (Å²) in [6.45, 7) is 5.07. The number of carbonyl (C=O) groups is 1. The van der Waals surface area contributed by atoms with Gasteiger partial charge in [-0.15, -0.1) is 0 Å². The second kappa shape index (κ2) is 5.18. The number of hydrogen-bond acceptors (Lipinski definition) is 5. The van der Waals surface area contributed by atoms with Crippen molar-refractivity contribution in [2.75, 3.05) is 5.32 Å². The van der Waals surface area contributed by atoms with Crippen LogP contribution in [0.5, 0.6) is 0 Å². The van der Waals surface area contributed by atoms with Crippen molar-refractivity contribution in [1.29, 1.82) is 0 Å². The van der Waals surface area contributed by atoms with E-state index in [1.54, 1.807) is 20.8 Å². The predicted molar refractivity (Wildman–Crippen MR) is 65.8 cm³/mol. The van der Waals surface area contributed by atoms with E-state index in [2.05, 4.69) is 10.3 Å². The van der Waals surface area contributed by atoms with Crippen LogP contribution in [-0.2, 0) is 4.74 Å². The number of rotatable bonds is 2. The first kappa shape index (κ1) is 14.2. The quantitative estimate of drug-likeness (QED) is 0.660. The number of pyridine rings is 1. The maximum absolute atomic E-state index is 11.5. The maximum atomic E-state index is 11.5. The molecule has 0 saturated carbocycles. The Labute approximate surface area is 108 Å². The Kier molecular flexibility index (Phi) is 4.07. The van der Waals surface area contributed by atoms with Crippen molar-refractivity contribution in [1.82, 2.24) is 4.98 Å². The molecule has 1 amide bonds. The SMILES string of the molecule is CC(C)(C)OC(=O)Nc1nc([N+](=O)[O-])ccc1Cl. The molecule has 1 aromatic heterocycles. The van der Waals surface area contributed by atoms with Crippen LogP contribution in [0.3, 0.4) is 0 Å². The lowest BCUT2D eigenvalue weighted by Crippen LogP contribution is -2.27. The van der Waals surface area contributed by atoms with E-state index in [4.69, 9.17) is 16.3 Å². The highest BCUT2D eigenvalue weighted by Gasteiger charge is 2.21. The highest BCUT2D eigenvalue weighted by atomic mass is 35.5. The van der Waals surface area contributed by atoms with E-state index >= 15 is 0 Å². The summed E-state index contributed by atoms with van der Waals surface area (Å²) < 4.78 is 4.98. The van der Waals surface area contributed by atoms with Gasteiger partial charge in [-0.2, -0.15) is 0 Å². The number of carbonyl (C=O) groups excluding carboxylic acids is 1. The number of anilines is 1. The third-order valence-corrected chi connectivity index (χ3v) is 1.94. The average Bonchev–Trinajstić information content (AvgIpc) is 2.18. The van der Waals surface area contributed by atoms with Crippen LogP contribution in [0.25, 0.3) is 0 Å². The summed E-state index contributed by atoms with van der Waals surface area (Å²) in [6, 6.07) is 2.42. The van der Waals surface area contributed by atoms with E-state index in [-0.39, 0.29) is 10.8 Å². The van der Waals surface area contributed by atoms with Gasteiger partial charge < -0.3 is 14.9 Å². The summed E-state index contributed by atoms with van der Waals surface area (Å²) >= 11 is 5.76. The molecule has 0 spiro atoms. The zero-order valence-electron chi connectivity index (χ0n) is 10.1. The van der Waals surface area contributed by atoms with E-state index in [1.165, 1.54) is 6.07 Å². The van der Waals surface area contributed by atoms with Crippen molar-refractivity contribution < 1.29 is 14.5 Å². The number of amides is 1. The van der Waals surface area contributed by atoms with Gasteiger partial charge in [-0.3, -0.25) is 5.32 Å². The lowest BCUT2D eigenvalue weighted by atomic mass is 10.2. The lowest BCUT2D eigenvalue weighted by Gasteiger charge is -2.18. The Morgan fingerprint density at radius 3 is 2.61 bits per heavy atom. The molecule has 0 aromatic carbocycles. The molecule has 1 N–H and O–H groups in total. The molecule has 0 fully saturated rings. The fourth-order valence-electron chi connectivity index (χ4n) is 1.02. The molecule has 18 heavy (non-hydrogen) atoms. The third-order valence-electron chi connectivity index (χ3n) is 1.64. The van der Waals surface area contributed by atoms with Crippen LogP contribution in [0.4, 0.5) is 16.4 Å². The first-order valence-electron chi connectivity index (χ1n) is 5.00. The molecule has 0 bridgehead atoms. The molecule has 0 unspecified atom stereocenters. The zero-order valence-corrected chi connectivity index (χ0v) is 10.8. The molecule has 0 aliphatic heterocycles. The van der Waals surface area contributed by atoms with Gasteiger partial charge in [-0.1, -0.05) is 11.6 Å². The lowest BCUT2D eigenvalue weighted by molar-refractivity contribution is -0.389. The minimum absolute atomic E-state index is 0.0893. The van der Waals surface area contributed by atoms with Gasteiger partial charge in [0.1, 0.15) is 10.6 Å². The molecule has 8 heteroatoms. The van der Waals surface area contributed by atoms with Crippen LogP contribution >= 0.6 is 11.6 Å². The average molecular weight is 274 g/mol. The molecular weight excluding hydrogens is 262 g/mol. The zero-order chi connectivity index (χ0) is 13.9. The second-order valence-electron chi connectivity index (χ2n) is 4.38. The number of hydrogen-bond donors (Lipinski definition) is 1. The van der Waals surface area contributed by atoms with Gasteiger partial charge in [0.15, 0.2) is 0 Å². The number of ether oxygens (including phenoxy) is 1. The molecule has 1 heterocycles. The second-order valence-corrected chi connectivity index (χ2v) is 4.79. The number of aromatic nitrogens is 1. The monoisotopic (exact) mass is 273 g/mol. The van der Waals surface area contributed by atoms with Gasteiger partial charge in [0.05, 0.1) is 0 Å². The molecule has 0 aliphatic carbocycles. The standard InChI is InChI=1S/C10H12ClN3O4/c1-10(2,3)18-9(15)13-8-6(11)4-5-7(12-8)14(16)17/h4-5H,1-3H3,(H,12,13,15). The molecular formula is C10H12ClN3O4. The van der Waals surface area contributed by atoms with E-state index in [9.17, 15) is 14.9 Å². The van der Waals surface area contributed by atoms with Crippen molar-refractivity contribution in [2.24, 2.45) is 0 Å². The first-order valence-corrected chi connectivity index (χ1v) is 5.38. The molecule has 0 aliphatic rings. The molecule has 7 nitrogen and oxygen atoms in total. The van der Waals surface area contributed by atoms with Gasteiger partial charge in [-0.05, 0) is 36.7 Å². The Morgan fingerprint density at radius 1 is 1.50 bits per heavy atom. The van der Waals surface area contributed by atoms with Crippen LogP contribution in [0, 0.1) is 10.1 Å². The predicted octanol–water partition coefficient (Wildman–Crippen LogP) is 2.99. The number of nitrogens with one attached hydrogen (secondary N) is 1. The Morgan fingerprint density at radius 2 is 2.11 bits per heavy atom. The van der Waals surface area contributed by atoms with Crippen LogP contribution in [0.1, 0.15) is 20.8 Å². The number of nitrogens with zero attached hydrogens (tertiary/aromatic N) is 2. The van der Waals surface area contributed by atoms with E-state index in [0.717, 1.165) is 6.07 Å². The highest BCUT2D eigenvalue weighted by Crippen LogP contribution is 2.23.